The van der Waals surface area contributed by atoms with Crippen LogP contribution in [-0.2, 0) is 0 Å². The Morgan fingerprint density at radius 3 is 2.87 bits per heavy atom. The molecule has 0 aliphatic carbocycles. The number of nitrogen functional groups attached to an aromatic ring is 1. The van der Waals surface area contributed by atoms with Crippen LogP contribution in [0.2, 0.25) is 5.02 Å². The Bertz CT molecular complexity index is 431. The van der Waals surface area contributed by atoms with Gasteiger partial charge in [-0.05, 0) is 18.2 Å². The van der Waals surface area contributed by atoms with Gasteiger partial charge in [0.2, 0.25) is 5.78 Å². The molecule has 1 aromatic rings. The van der Waals surface area contributed by atoms with Crippen LogP contribution in [0.1, 0.15) is 10.4 Å². The van der Waals surface area contributed by atoms with Gasteiger partial charge in [-0.1, -0.05) is 29.9 Å². The average molecular weight is 241 g/mol. The minimum atomic E-state index is -0.302. The number of carbonyl (C=O) groups is 1. The molecule has 0 aliphatic heterocycles. The van der Waals surface area contributed by atoms with Crippen LogP contribution < -0.4 is 5.73 Å². The fourth-order valence-electron chi connectivity index (χ4n) is 1.000. The number of halogens is 1. The van der Waals surface area contributed by atoms with E-state index in [-0.39, 0.29) is 10.7 Å². The van der Waals surface area contributed by atoms with Crippen molar-refractivity contribution in [2.24, 2.45) is 0 Å². The summed E-state index contributed by atoms with van der Waals surface area (Å²) in [6, 6.07) is 4.67. The topological polar surface area (TPSA) is 66.9 Å². The van der Waals surface area contributed by atoms with Crippen molar-refractivity contribution in [2.45, 2.75) is 0 Å². The van der Waals surface area contributed by atoms with Gasteiger partial charge in [0.15, 0.2) is 0 Å². The molecular formula is C10H9ClN2OS. The van der Waals surface area contributed by atoms with Crippen LogP contribution >= 0.6 is 23.4 Å². The molecule has 0 saturated heterocycles. The van der Waals surface area contributed by atoms with Crippen LogP contribution in [0.4, 0.5) is 5.69 Å². The fraction of sp³-hybridized carbons (Fsp3) is 0. The highest BCUT2D eigenvalue weighted by molar-refractivity contribution is 8.16. The molecule has 0 fully saturated rings. The van der Waals surface area contributed by atoms with Crippen molar-refractivity contribution in [3.63, 3.8) is 0 Å². The first-order chi connectivity index (χ1) is 7.06. The van der Waals surface area contributed by atoms with Gasteiger partial charge in [-0.25, -0.2) is 0 Å². The highest BCUT2D eigenvalue weighted by atomic mass is 35.5. The summed E-state index contributed by atoms with van der Waals surface area (Å²) in [5, 5.41) is 7.30. The number of nitrogens with two attached hydrogens (primary N) is 1. The third-order valence-corrected chi connectivity index (χ3v) is 2.54. The molecule has 0 spiro atoms. The molecule has 0 unspecified atom stereocenters. The van der Waals surface area contributed by atoms with E-state index >= 15 is 0 Å². The van der Waals surface area contributed by atoms with Crippen molar-refractivity contribution in [1.29, 1.82) is 5.41 Å². The summed E-state index contributed by atoms with van der Waals surface area (Å²) < 4.78 is 0. The van der Waals surface area contributed by atoms with Gasteiger partial charge in [-0.3, -0.25) is 4.79 Å². The lowest BCUT2D eigenvalue weighted by molar-refractivity contribution is 0.104. The fourth-order valence-corrected chi connectivity index (χ4v) is 1.53. The lowest BCUT2D eigenvalue weighted by Gasteiger charge is -2.05. The minimum Gasteiger partial charge on any atom is -0.398 e. The Balaban J connectivity index is 3.05. The molecule has 0 radical (unpaired) electrons. The van der Waals surface area contributed by atoms with E-state index in [2.05, 4.69) is 6.58 Å². The molecule has 0 heterocycles. The number of allylic oxidation sites excluding steroid dienone is 1. The number of thioether (sulfide) groups is 1. The molecule has 5 heteroatoms. The van der Waals surface area contributed by atoms with Crippen molar-refractivity contribution >= 4 is 40.4 Å². The van der Waals surface area contributed by atoms with Crippen LogP contribution in [0.5, 0.6) is 0 Å². The zero-order chi connectivity index (χ0) is 11.4. The summed E-state index contributed by atoms with van der Waals surface area (Å²) in [5.74, 6) is -0.302. The molecule has 3 N–H and O–H groups in total. The minimum absolute atomic E-state index is 0.249. The Labute approximate surface area is 96.8 Å². The standard InChI is InChI=1S/C10H9ClN2OS/c1-6(15-5-12)10(14)8-4-7(11)2-3-9(8)13/h2-5,12H,1,13H2. The molecule has 0 atom stereocenters. The molecule has 0 saturated carbocycles. The van der Waals surface area contributed by atoms with Crippen LogP contribution in [-0.4, -0.2) is 11.3 Å². The Morgan fingerprint density at radius 1 is 1.60 bits per heavy atom. The molecule has 15 heavy (non-hydrogen) atoms. The monoisotopic (exact) mass is 240 g/mol. The number of hydrogen-bond donors (Lipinski definition) is 2. The first kappa shape index (κ1) is 11.8. The van der Waals surface area contributed by atoms with Gasteiger partial charge in [0.25, 0.3) is 0 Å². The number of hydrogen-bond acceptors (Lipinski definition) is 4. The van der Waals surface area contributed by atoms with Crippen LogP contribution in [0.15, 0.2) is 29.7 Å². The van der Waals surface area contributed by atoms with Crippen LogP contribution in [0, 0.1) is 5.41 Å². The van der Waals surface area contributed by atoms with Gasteiger partial charge in [-0.15, -0.1) is 0 Å². The molecule has 0 aliphatic rings. The smallest absolute Gasteiger partial charge is 0.201 e. The van der Waals surface area contributed by atoms with Gasteiger partial charge in [0, 0.05) is 16.3 Å². The second kappa shape index (κ2) is 5.00. The Kier molecular flexibility index (Phi) is 3.94. The van der Waals surface area contributed by atoms with Gasteiger partial charge in [0.05, 0.1) is 10.5 Å². The van der Waals surface area contributed by atoms with Gasteiger partial charge in [0.1, 0.15) is 0 Å². The second-order valence-corrected chi connectivity index (χ2v) is 4.12. The maximum absolute atomic E-state index is 11.7. The molecule has 78 valence electrons. The molecule has 0 aromatic heterocycles. The van der Waals surface area contributed by atoms with E-state index in [1.165, 1.54) is 6.07 Å². The number of nitrogens with one attached hydrogen (secondary N) is 1. The predicted molar refractivity (Wildman–Crippen MR) is 65.7 cm³/mol. The molecule has 1 aromatic carbocycles. The Morgan fingerprint density at radius 2 is 2.27 bits per heavy atom. The van der Waals surface area contributed by atoms with Gasteiger partial charge >= 0.3 is 0 Å². The number of anilines is 1. The summed E-state index contributed by atoms with van der Waals surface area (Å²) in [6.45, 7) is 3.56. The maximum Gasteiger partial charge on any atom is 0.201 e. The number of Topliss-reactive ketones (excluding diaryl/α,β-unsaturated/α-hetero) is 1. The summed E-state index contributed by atoms with van der Waals surface area (Å²) >= 11 is 6.70. The van der Waals surface area contributed by atoms with Crippen molar-refractivity contribution in [3.8, 4) is 0 Å². The van der Waals surface area contributed by atoms with Crippen molar-refractivity contribution in [2.75, 3.05) is 5.73 Å². The van der Waals surface area contributed by atoms with E-state index in [9.17, 15) is 4.79 Å². The van der Waals surface area contributed by atoms with E-state index in [0.29, 0.717) is 16.3 Å². The third-order valence-electron chi connectivity index (χ3n) is 1.71. The van der Waals surface area contributed by atoms with Crippen molar-refractivity contribution in [1.82, 2.24) is 0 Å². The second-order valence-electron chi connectivity index (χ2n) is 2.72. The highest BCUT2D eigenvalue weighted by Crippen LogP contribution is 2.23. The molecule has 0 amide bonds. The average Bonchev–Trinajstić information content (AvgIpc) is 2.21. The summed E-state index contributed by atoms with van der Waals surface area (Å²) in [4.78, 5) is 12.0. The lowest BCUT2D eigenvalue weighted by Crippen LogP contribution is -2.04. The molecular weight excluding hydrogens is 232 g/mol. The predicted octanol–water partition coefficient (Wildman–Crippen LogP) is 2.96. The van der Waals surface area contributed by atoms with E-state index < -0.39 is 0 Å². The normalized spacial score (nSPS) is 9.67. The van der Waals surface area contributed by atoms with E-state index in [1.54, 1.807) is 12.1 Å². The third kappa shape index (κ3) is 2.84. The summed E-state index contributed by atoms with van der Waals surface area (Å²) in [5.41, 5.74) is 7.36. The summed E-state index contributed by atoms with van der Waals surface area (Å²) in [6.07, 6.45) is 0. The zero-order valence-corrected chi connectivity index (χ0v) is 9.36. The molecule has 0 bridgehead atoms. The van der Waals surface area contributed by atoms with Crippen molar-refractivity contribution in [3.05, 3.63) is 40.3 Å². The highest BCUT2D eigenvalue weighted by Gasteiger charge is 2.13. The van der Waals surface area contributed by atoms with E-state index in [0.717, 1.165) is 17.3 Å². The van der Waals surface area contributed by atoms with Gasteiger partial charge in [-0.2, -0.15) is 0 Å². The SMILES string of the molecule is C=C(SC=N)C(=O)c1cc(Cl)ccc1N. The molecule has 1 rings (SSSR count). The quantitative estimate of drug-likeness (QED) is 0.280. The van der Waals surface area contributed by atoms with Crippen LogP contribution in [0.3, 0.4) is 0 Å². The van der Waals surface area contributed by atoms with Crippen LogP contribution in [0.25, 0.3) is 0 Å². The molecule has 3 nitrogen and oxygen atoms in total. The zero-order valence-electron chi connectivity index (χ0n) is 7.79. The van der Waals surface area contributed by atoms with Gasteiger partial charge < -0.3 is 11.1 Å². The number of carbonyl (C=O) groups excluding carboxylic acids is 1. The number of ketones is 1. The first-order valence-corrected chi connectivity index (χ1v) is 5.26. The maximum atomic E-state index is 11.7. The first-order valence-electron chi connectivity index (χ1n) is 4.00. The summed E-state index contributed by atoms with van der Waals surface area (Å²) in [7, 11) is 0. The lowest BCUT2D eigenvalue weighted by atomic mass is 10.1. The van der Waals surface area contributed by atoms with E-state index in [4.69, 9.17) is 22.7 Å². The largest absolute Gasteiger partial charge is 0.398 e. The number of benzene rings is 1. The number of rotatable bonds is 4. The van der Waals surface area contributed by atoms with Crippen molar-refractivity contribution < 1.29 is 4.79 Å². The van der Waals surface area contributed by atoms with E-state index in [1.807, 2.05) is 0 Å². The Hall–Kier alpha value is -1.26.